The molecule has 2 rings (SSSR count). The second-order valence-electron chi connectivity index (χ2n) is 2.82. The maximum atomic E-state index is 11.6. The van der Waals surface area contributed by atoms with Crippen molar-refractivity contribution in [2.24, 2.45) is 0 Å². The van der Waals surface area contributed by atoms with Crippen molar-refractivity contribution in [1.82, 2.24) is 15.3 Å². The standard InChI is InChI=1S/C9H8BrN3OS/c10-7-2-1-6(15-7)9(14)13-5-8-11-3-4-12-8/h1-4H,5H2,(H,11,12)(H,13,14). The molecule has 1 amide bonds. The normalized spacial score (nSPS) is 10.2. The lowest BCUT2D eigenvalue weighted by Gasteiger charge is -1.99. The summed E-state index contributed by atoms with van der Waals surface area (Å²) < 4.78 is 0.950. The molecule has 0 spiro atoms. The molecule has 0 atom stereocenters. The summed E-state index contributed by atoms with van der Waals surface area (Å²) in [5, 5.41) is 2.77. The maximum absolute atomic E-state index is 11.6. The Kier molecular flexibility index (Phi) is 3.17. The van der Waals surface area contributed by atoms with E-state index in [9.17, 15) is 4.79 Å². The fourth-order valence-electron chi connectivity index (χ4n) is 1.08. The van der Waals surface area contributed by atoms with Crippen molar-refractivity contribution < 1.29 is 4.79 Å². The average Bonchev–Trinajstić information content (AvgIpc) is 2.84. The molecular weight excluding hydrogens is 278 g/mol. The molecule has 0 saturated carbocycles. The topological polar surface area (TPSA) is 57.8 Å². The molecular formula is C9H8BrN3OS. The van der Waals surface area contributed by atoms with E-state index in [1.165, 1.54) is 11.3 Å². The molecule has 0 bridgehead atoms. The second kappa shape index (κ2) is 4.59. The molecule has 0 unspecified atom stereocenters. The number of nitrogens with zero attached hydrogens (tertiary/aromatic N) is 1. The van der Waals surface area contributed by atoms with Gasteiger partial charge in [0.15, 0.2) is 0 Å². The average molecular weight is 286 g/mol. The summed E-state index contributed by atoms with van der Waals surface area (Å²) in [5.41, 5.74) is 0. The van der Waals surface area contributed by atoms with Gasteiger partial charge in [0.25, 0.3) is 5.91 Å². The predicted molar refractivity (Wildman–Crippen MR) is 61.8 cm³/mol. The van der Waals surface area contributed by atoms with E-state index in [2.05, 4.69) is 31.2 Å². The van der Waals surface area contributed by atoms with Gasteiger partial charge in [0.2, 0.25) is 0 Å². The molecule has 2 aromatic rings. The fraction of sp³-hybridized carbons (Fsp3) is 0.111. The number of aromatic amines is 1. The van der Waals surface area contributed by atoms with Crippen LogP contribution in [0.3, 0.4) is 0 Å². The molecule has 0 fully saturated rings. The Morgan fingerprint density at radius 1 is 1.60 bits per heavy atom. The zero-order chi connectivity index (χ0) is 10.7. The zero-order valence-corrected chi connectivity index (χ0v) is 10.1. The Balaban J connectivity index is 1.93. The molecule has 0 saturated heterocycles. The van der Waals surface area contributed by atoms with Gasteiger partial charge in [0.1, 0.15) is 5.82 Å². The summed E-state index contributed by atoms with van der Waals surface area (Å²) in [5.74, 6) is 0.668. The number of rotatable bonds is 3. The van der Waals surface area contributed by atoms with Gasteiger partial charge in [-0.2, -0.15) is 0 Å². The van der Waals surface area contributed by atoms with Gasteiger partial charge in [-0.3, -0.25) is 4.79 Å². The predicted octanol–water partition coefficient (Wildman–Crippen LogP) is 2.16. The van der Waals surface area contributed by atoms with E-state index >= 15 is 0 Å². The van der Waals surface area contributed by atoms with Crippen LogP contribution in [-0.4, -0.2) is 15.9 Å². The number of amides is 1. The molecule has 2 N–H and O–H groups in total. The number of hydrogen-bond acceptors (Lipinski definition) is 3. The number of nitrogens with one attached hydrogen (secondary N) is 2. The van der Waals surface area contributed by atoms with Gasteiger partial charge in [-0.05, 0) is 28.1 Å². The highest BCUT2D eigenvalue weighted by atomic mass is 79.9. The summed E-state index contributed by atoms with van der Waals surface area (Å²) in [4.78, 5) is 19.2. The van der Waals surface area contributed by atoms with Crippen LogP contribution in [0.4, 0.5) is 0 Å². The summed E-state index contributed by atoms with van der Waals surface area (Å²) in [6.07, 6.45) is 3.38. The zero-order valence-electron chi connectivity index (χ0n) is 7.66. The van der Waals surface area contributed by atoms with Crippen molar-refractivity contribution in [2.75, 3.05) is 0 Å². The molecule has 0 aromatic carbocycles. The van der Waals surface area contributed by atoms with Crippen molar-refractivity contribution in [3.05, 3.63) is 39.0 Å². The Bertz CT molecular complexity index is 452. The summed E-state index contributed by atoms with van der Waals surface area (Å²) in [6.45, 7) is 0.418. The van der Waals surface area contributed by atoms with E-state index in [1.807, 2.05) is 6.07 Å². The Morgan fingerprint density at radius 2 is 2.47 bits per heavy atom. The molecule has 6 heteroatoms. The fourth-order valence-corrected chi connectivity index (χ4v) is 2.38. The molecule has 78 valence electrons. The first-order valence-electron chi connectivity index (χ1n) is 4.27. The van der Waals surface area contributed by atoms with Crippen LogP contribution in [0, 0.1) is 0 Å². The van der Waals surface area contributed by atoms with Crippen LogP contribution in [0.2, 0.25) is 0 Å². The van der Waals surface area contributed by atoms with E-state index in [1.54, 1.807) is 18.5 Å². The third-order valence-electron chi connectivity index (χ3n) is 1.77. The minimum atomic E-state index is -0.0814. The molecule has 0 aliphatic heterocycles. The van der Waals surface area contributed by atoms with E-state index in [4.69, 9.17) is 0 Å². The molecule has 0 aliphatic carbocycles. The highest BCUT2D eigenvalue weighted by Gasteiger charge is 2.07. The number of H-pyrrole nitrogens is 1. The largest absolute Gasteiger partial charge is 0.347 e. The van der Waals surface area contributed by atoms with E-state index in [0.717, 1.165) is 9.61 Å². The van der Waals surface area contributed by atoms with Crippen molar-refractivity contribution in [3.8, 4) is 0 Å². The maximum Gasteiger partial charge on any atom is 0.261 e. The van der Waals surface area contributed by atoms with Crippen molar-refractivity contribution in [2.45, 2.75) is 6.54 Å². The minimum absolute atomic E-state index is 0.0814. The van der Waals surface area contributed by atoms with Gasteiger partial charge in [-0.15, -0.1) is 11.3 Å². The first-order chi connectivity index (χ1) is 7.25. The number of carbonyl (C=O) groups excluding carboxylic acids is 1. The highest BCUT2D eigenvalue weighted by molar-refractivity contribution is 9.11. The number of carbonyl (C=O) groups is 1. The quantitative estimate of drug-likeness (QED) is 0.908. The molecule has 0 aliphatic rings. The first kappa shape index (κ1) is 10.4. The van der Waals surface area contributed by atoms with Crippen LogP contribution in [0.5, 0.6) is 0 Å². The smallest absolute Gasteiger partial charge is 0.261 e. The van der Waals surface area contributed by atoms with Crippen LogP contribution in [-0.2, 0) is 6.54 Å². The second-order valence-corrected chi connectivity index (χ2v) is 5.29. The number of thiophene rings is 1. The summed E-state index contributed by atoms with van der Waals surface area (Å²) >= 11 is 4.72. The van der Waals surface area contributed by atoms with Gasteiger partial charge in [-0.1, -0.05) is 0 Å². The lowest BCUT2D eigenvalue weighted by atomic mass is 10.4. The number of imidazole rings is 1. The molecule has 15 heavy (non-hydrogen) atoms. The minimum Gasteiger partial charge on any atom is -0.347 e. The molecule has 0 radical (unpaired) electrons. The SMILES string of the molecule is O=C(NCc1ncc[nH]1)c1ccc(Br)s1. The van der Waals surface area contributed by atoms with Gasteiger partial charge < -0.3 is 10.3 Å². The Morgan fingerprint density at radius 3 is 3.07 bits per heavy atom. The van der Waals surface area contributed by atoms with Gasteiger partial charge in [0, 0.05) is 12.4 Å². The van der Waals surface area contributed by atoms with Crippen LogP contribution < -0.4 is 5.32 Å². The number of halogens is 1. The molecule has 4 nitrogen and oxygen atoms in total. The van der Waals surface area contributed by atoms with E-state index in [-0.39, 0.29) is 5.91 Å². The van der Waals surface area contributed by atoms with Gasteiger partial charge in [0.05, 0.1) is 15.2 Å². The van der Waals surface area contributed by atoms with E-state index < -0.39 is 0 Å². The van der Waals surface area contributed by atoms with Crippen LogP contribution in [0.25, 0.3) is 0 Å². The molecule has 2 heterocycles. The summed E-state index contributed by atoms with van der Waals surface area (Å²) in [6, 6.07) is 3.64. The number of hydrogen-bond donors (Lipinski definition) is 2. The lowest BCUT2D eigenvalue weighted by Crippen LogP contribution is -2.22. The van der Waals surface area contributed by atoms with Crippen molar-refractivity contribution in [3.63, 3.8) is 0 Å². The number of aromatic nitrogens is 2. The molecule has 2 aromatic heterocycles. The third kappa shape index (κ3) is 2.66. The lowest BCUT2D eigenvalue weighted by molar-refractivity contribution is 0.0954. The van der Waals surface area contributed by atoms with Crippen molar-refractivity contribution >= 4 is 33.2 Å². The Hall–Kier alpha value is -1.14. The van der Waals surface area contributed by atoms with E-state index in [0.29, 0.717) is 11.4 Å². The Labute approximate surface area is 98.9 Å². The van der Waals surface area contributed by atoms with Gasteiger partial charge in [-0.25, -0.2) is 4.98 Å². The highest BCUT2D eigenvalue weighted by Crippen LogP contribution is 2.21. The van der Waals surface area contributed by atoms with Crippen LogP contribution in [0.15, 0.2) is 28.3 Å². The summed E-state index contributed by atoms with van der Waals surface area (Å²) in [7, 11) is 0. The third-order valence-corrected chi connectivity index (χ3v) is 3.39. The van der Waals surface area contributed by atoms with Gasteiger partial charge >= 0.3 is 0 Å². The van der Waals surface area contributed by atoms with Crippen LogP contribution >= 0.6 is 27.3 Å². The monoisotopic (exact) mass is 285 g/mol. The first-order valence-corrected chi connectivity index (χ1v) is 5.88. The van der Waals surface area contributed by atoms with Crippen molar-refractivity contribution in [1.29, 1.82) is 0 Å². The van der Waals surface area contributed by atoms with Crippen LogP contribution in [0.1, 0.15) is 15.5 Å².